The minimum absolute atomic E-state index is 0.120. The fraction of sp³-hybridized carbons (Fsp3) is 0.0714. The SMILES string of the molecule is Cc1ccc(-c2cc(O)cc(C#N)c2)cc1. The molecule has 0 radical (unpaired) electrons. The van der Waals surface area contributed by atoms with Crippen molar-refractivity contribution in [3.63, 3.8) is 0 Å². The maximum Gasteiger partial charge on any atom is 0.117 e. The van der Waals surface area contributed by atoms with Crippen LogP contribution in [0.1, 0.15) is 11.1 Å². The predicted octanol–water partition coefficient (Wildman–Crippen LogP) is 3.24. The van der Waals surface area contributed by atoms with Crippen molar-refractivity contribution in [2.24, 2.45) is 0 Å². The second-order valence-corrected chi connectivity index (χ2v) is 3.75. The maximum absolute atomic E-state index is 9.49. The molecule has 0 aliphatic heterocycles. The zero-order chi connectivity index (χ0) is 11.5. The molecule has 2 heteroatoms. The van der Waals surface area contributed by atoms with Gasteiger partial charge in [-0.25, -0.2) is 0 Å². The zero-order valence-electron chi connectivity index (χ0n) is 8.94. The smallest absolute Gasteiger partial charge is 0.117 e. The number of hydrogen-bond acceptors (Lipinski definition) is 2. The number of hydrogen-bond donors (Lipinski definition) is 1. The molecule has 0 saturated heterocycles. The van der Waals surface area contributed by atoms with Crippen LogP contribution in [0.25, 0.3) is 11.1 Å². The van der Waals surface area contributed by atoms with E-state index in [0.29, 0.717) is 5.56 Å². The Morgan fingerprint density at radius 3 is 2.31 bits per heavy atom. The fourth-order valence-corrected chi connectivity index (χ4v) is 1.59. The molecule has 0 unspecified atom stereocenters. The second kappa shape index (κ2) is 4.08. The molecule has 0 heterocycles. The third-order valence-electron chi connectivity index (χ3n) is 2.43. The normalized spacial score (nSPS) is 9.75. The number of phenolic OH excluding ortho intramolecular Hbond substituents is 1. The molecule has 0 aromatic heterocycles. The third-order valence-corrected chi connectivity index (χ3v) is 2.43. The Kier molecular flexibility index (Phi) is 2.61. The van der Waals surface area contributed by atoms with Gasteiger partial charge < -0.3 is 5.11 Å². The number of nitrogens with zero attached hydrogens (tertiary/aromatic N) is 1. The van der Waals surface area contributed by atoms with E-state index in [2.05, 4.69) is 0 Å². The molecule has 1 N–H and O–H groups in total. The highest BCUT2D eigenvalue weighted by Crippen LogP contribution is 2.25. The van der Waals surface area contributed by atoms with Crippen LogP contribution in [0.3, 0.4) is 0 Å². The average molecular weight is 209 g/mol. The summed E-state index contributed by atoms with van der Waals surface area (Å²) in [4.78, 5) is 0. The Balaban J connectivity index is 2.52. The molecule has 0 aliphatic rings. The van der Waals surface area contributed by atoms with Crippen LogP contribution in [0.5, 0.6) is 5.75 Å². The summed E-state index contributed by atoms with van der Waals surface area (Å²) in [5.74, 6) is 0.120. The highest BCUT2D eigenvalue weighted by molar-refractivity contribution is 5.67. The minimum Gasteiger partial charge on any atom is -0.508 e. The molecule has 0 atom stereocenters. The van der Waals surface area contributed by atoms with E-state index in [1.807, 2.05) is 37.3 Å². The topological polar surface area (TPSA) is 44.0 Å². The average Bonchev–Trinajstić information content (AvgIpc) is 2.29. The van der Waals surface area contributed by atoms with Crippen molar-refractivity contribution in [1.29, 1.82) is 5.26 Å². The van der Waals surface area contributed by atoms with Crippen molar-refractivity contribution >= 4 is 0 Å². The molecule has 2 nitrogen and oxygen atoms in total. The third kappa shape index (κ3) is 2.04. The number of aromatic hydroxyl groups is 1. The van der Waals surface area contributed by atoms with Crippen molar-refractivity contribution < 1.29 is 5.11 Å². The van der Waals surface area contributed by atoms with Gasteiger partial charge in [-0.2, -0.15) is 5.26 Å². The van der Waals surface area contributed by atoms with Crippen LogP contribution < -0.4 is 0 Å². The van der Waals surface area contributed by atoms with Crippen LogP contribution in [-0.2, 0) is 0 Å². The summed E-state index contributed by atoms with van der Waals surface area (Å²) >= 11 is 0. The predicted molar refractivity (Wildman–Crippen MR) is 63.0 cm³/mol. The van der Waals surface area contributed by atoms with Gasteiger partial charge in [-0.15, -0.1) is 0 Å². The van der Waals surface area contributed by atoms with Crippen molar-refractivity contribution in [2.45, 2.75) is 6.92 Å². The van der Waals surface area contributed by atoms with Crippen LogP contribution >= 0.6 is 0 Å². The van der Waals surface area contributed by atoms with Crippen LogP contribution in [-0.4, -0.2) is 5.11 Å². The molecule has 78 valence electrons. The van der Waals surface area contributed by atoms with Gasteiger partial charge in [0.2, 0.25) is 0 Å². The van der Waals surface area contributed by atoms with E-state index >= 15 is 0 Å². The number of benzene rings is 2. The van der Waals surface area contributed by atoms with Gasteiger partial charge in [0, 0.05) is 0 Å². The highest BCUT2D eigenvalue weighted by Gasteiger charge is 2.02. The molecule has 2 rings (SSSR count). The van der Waals surface area contributed by atoms with Crippen LogP contribution in [0.2, 0.25) is 0 Å². The number of aryl methyl sites for hydroxylation is 1. The molecule has 0 spiro atoms. The summed E-state index contributed by atoms with van der Waals surface area (Å²) in [6.45, 7) is 2.02. The molecule has 2 aromatic rings. The lowest BCUT2D eigenvalue weighted by atomic mass is 10.0. The second-order valence-electron chi connectivity index (χ2n) is 3.75. The summed E-state index contributed by atoms with van der Waals surface area (Å²) in [6.07, 6.45) is 0. The van der Waals surface area contributed by atoms with Crippen LogP contribution in [0.15, 0.2) is 42.5 Å². The highest BCUT2D eigenvalue weighted by atomic mass is 16.3. The fourth-order valence-electron chi connectivity index (χ4n) is 1.59. The van der Waals surface area contributed by atoms with E-state index in [-0.39, 0.29) is 5.75 Å². The lowest BCUT2D eigenvalue weighted by Gasteiger charge is -2.03. The molecule has 2 aromatic carbocycles. The van der Waals surface area contributed by atoms with Gasteiger partial charge in [0.1, 0.15) is 5.75 Å². The van der Waals surface area contributed by atoms with Crippen molar-refractivity contribution in [1.82, 2.24) is 0 Å². The zero-order valence-corrected chi connectivity index (χ0v) is 8.94. The molecule has 0 saturated carbocycles. The van der Waals surface area contributed by atoms with E-state index in [1.54, 1.807) is 12.1 Å². The largest absolute Gasteiger partial charge is 0.508 e. The van der Waals surface area contributed by atoms with Gasteiger partial charge in [-0.05, 0) is 36.2 Å². The van der Waals surface area contributed by atoms with Crippen LogP contribution in [0, 0.1) is 18.3 Å². The van der Waals surface area contributed by atoms with E-state index in [9.17, 15) is 5.11 Å². The molecule has 0 aliphatic carbocycles. The summed E-state index contributed by atoms with van der Waals surface area (Å²) in [6, 6.07) is 14.9. The van der Waals surface area contributed by atoms with Gasteiger partial charge >= 0.3 is 0 Å². The Morgan fingerprint density at radius 1 is 1.00 bits per heavy atom. The number of phenols is 1. The summed E-state index contributed by atoms with van der Waals surface area (Å²) in [5, 5.41) is 18.3. The first-order valence-electron chi connectivity index (χ1n) is 5.00. The molecular formula is C14H11NO. The molecule has 0 amide bonds. The van der Waals surface area contributed by atoms with E-state index in [0.717, 1.165) is 11.1 Å². The standard InChI is InChI=1S/C14H11NO/c1-10-2-4-12(5-3-10)13-6-11(9-15)7-14(16)8-13/h2-8,16H,1H3. The summed E-state index contributed by atoms with van der Waals surface area (Å²) in [7, 11) is 0. The monoisotopic (exact) mass is 209 g/mol. The van der Waals surface area contributed by atoms with Crippen molar-refractivity contribution in [3.8, 4) is 22.9 Å². The van der Waals surface area contributed by atoms with Gasteiger partial charge in [0.15, 0.2) is 0 Å². The lowest BCUT2D eigenvalue weighted by Crippen LogP contribution is -1.81. The quantitative estimate of drug-likeness (QED) is 0.783. The Bertz CT molecular complexity index is 550. The molecule has 16 heavy (non-hydrogen) atoms. The Labute approximate surface area is 94.4 Å². The van der Waals surface area contributed by atoms with Crippen molar-refractivity contribution in [3.05, 3.63) is 53.6 Å². The summed E-state index contributed by atoms with van der Waals surface area (Å²) < 4.78 is 0. The first kappa shape index (κ1) is 10.3. The van der Waals surface area contributed by atoms with Gasteiger partial charge in [0.05, 0.1) is 11.6 Å². The van der Waals surface area contributed by atoms with E-state index < -0.39 is 0 Å². The molecule has 0 bridgehead atoms. The minimum atomic E-state index is 0.120. The first-order chi connectivity index (χ1) is 7.69. The molecular weight excluding hydrogens is 198 g/mol. The van der Waals surface area contributed by atoms with E-state index in [4.69, 9.17) is 5.26 Å². The Hall–Kier alpha value is -2.27. The van der Waals surface area contributed by atoms with Gasteiger partial charge in [-0.3, -0.25) is 0 Å². The Morgan fingerprint density at radius 2 is 1.69 bits per heavy atom. The van der Waals surface area contributed by atoms with Crippen molar-refractivity contribution in [2.75, 3.05) is 0 Å². The van der Waals surface area contributed by atoms with E-state index in [1.165, 1.54) is 11.6 Å². The summed E-state index contributed by atoms with van der Waals surface area (Å²) in [5.41, 5.74) is 3.51. The van der Waals surface area contributed by atoms with Gasteiger partial charge in [-0.1, -0.05) is 29.8 Å². The van der Waals surface area contributed by atoms with Gasteiger partial charge in [0.25, 0.3) is 0 Å². The lowest BCUT2D eigenvalue weighted by molar-refractivity contribution is 0.475. The number of rotatable bonds is 1. The maximum atomic E-state index is 9.49. The number of nitriles is 1. The molecule has 0 fully saturated rings. The first-order valence-corrected chi connectivity index (χ1v) is 5.00. The van der Waals surface area contributed by atoms with Crippen LogP contribution in [0.4, 0.5) is 0 Å².